The maximum absolute atomic E-state index is 12.8. The Balaban J connectivity index is 1.65. The van der Waals surface area contributed by atoms with Crippen LogP contribution in [0.4, 0.5) is 5.82 Å². The summed E-state index contributed by atoms with van der Waals surface area (Å²) in [5.74, 6) is 0.503. The van der Waals surface area contributed by atoms with Gasteiger partial charge in [-0.05, 0) is 25.5 Å². The van der Waals surface area contributed by atoms with Crippen LogP contribution in [0.25, 0.3) is 10.9 Å². The van der Waals surface area contributed by atoms with E-state index in [2.05, 4.69) is 10.4 Å². The van der Waals surface area contributed by atoms with Gasteiger partial charge in [0.25, 0.3) is 5.91 Å². The fourth-order valence-electron chi connectivity index (χ4n) is 3.54. The lowest BCUT2D eigenvalue weighted by Gasteiger charge is -2.14. The van der Waals surface area contributed by atoms with Gasteiger partial charge in [0.15, 0.2) is 9.84 Å². The lowest BCUT2D eigenvalue weighted by Crippen LogP contribution is -2.21. The molecule has 2 aromatic heterocycles. The van der Waals surface area contributed by atoms with Gasteiger partial charge in [-0.25, -0.2) is 13.1 Å². The molecule has 3 aromatic rings. The molecule has 1 aromatic carbocycles. The van der Waals surface area contributed by atoms with Gasteiger partial charge in [0.05, 0.1) is 23.2 Å². The van der Waals surface area contributed by atoms with Gasteiger partial charge >= 0.3 is 0 Å². The van der Waals surface area contributed by atoms with E-state index in [-0.39, 0.29) is 23.5 Å². The van der Waals surface area contributed by atoms with Crippen LogP contribution in [0.1, 0.15) is 28.6 Å². The Kier molecular flexibility index (Phi) is 3.87. The number of sulfone groups is 1. The molecule has 0 spiro atoms. The van der Waals surface area contributed by atoms with Crippen LogP contribution < -0.4 is 5.32 Å². The molecule has 1 N–H and O–H groups in total. The Labute approximate surface area is 151 Å². The number of aryl methyl sites for hydroxylation is 2. The van der Waals surface area contributed by atoms with Crippen LogP contribution in [0.3, 0.4) is 0 Å². The first-order chi connectivity index (χ1) is 12.3. The highest BCUT2D eigenvalue weighted by Gasteiger charge is 2.31. The number of anilines is 1. The third kappa shape index (κ3) is 2.90. The van der Waals surface area contributed by atoms with Crippen molar-refractivity contribution < 1.29 is 13.2 Å². The minimum atomic E-state index is -3.03. The van der Waals surface area contributed by atoms with Gasteiger partial charge in [0.2, 0.25) is 0 Å². The van der Waals surface area contributed by atoms with Crippen molar-refractivity contribution in [2.75, 3.05) is 16.8 Å². The van der Waals surface area contributed by atoms with Gasteiger partial charge < -0.3 is 9.88 Å². The van der Waals surface area contributed by atoms with Crippen molar-refractivity contribution in [1.29, 1.82) is 0 Å². The molecule has 8 heteroatoms. The summed E-state index contributed by atoms with van der Waals surface area (Å²) in [6, 6.07) is 11.2. The van der Waals surface area contributed by atoms with E-state index in [9.17, 15) is 13.2 Å². The van der Waals surface area contributed by atoms with Crippen molar-refractivity contribution in [1.82, 2.24) is 14.3 Å². The van der Waals surface area contributed by atoms with Crippen molar-refractivity contribution in [3.63, 3.8) is 0 Å². The SMILES string of the molecule is Cc1cc(NC(=O)c2cc3ccccc3n2C)n([C@H]2CCS(=O)(=O)C2)n1. The van der Waals surface area contributed by atoms with Gasteiger partial charge in [-0.1, -0.05) is 18.2 Å². The summed E-state index contributed by atoms with van der Waals surface area (Å²) in [5.41, 5.74) is 2.25. The average molecular weight is 372 g/mol. The minimum Gasteiger partial charge on any atom is -0.340 e. The fraction of sp³-hybridized carbons (Fsp3) is 0.333. The molecule has 1 fully saturated rings. The minimum absolute atomic E-state index is 0.0605. The van der Waals surface area contributed by atoms with E-state index >= 15 is 0 Å². The van der Waals surface area contributed by atoms with E-state index in [0.29, 0.717) is 17.9 Å². The number of carbonyl (C=O) groups excluding carboxylic acids is 1. The van der Waals surface area contributed by atoms with Crippen molar-refractivity contribution in [2.45, 2.75) is 19.4 Å². The zero-order valence-electron chi connectivity index (χ0n) is 14.6. The number of rotatable bonds is 3. The van der Waals surface area contributed by atoms with Crippen LogP contribution in [0.5, 0.6) is 0 Å². The maximum atomic E-state index is 12.8. The first-order valence-electron chi connectivity index (χ1n) is 8.46. The average Bonchev–Trinajstić information content (AvgIpc) is 3.23. The molecule has 0 aliphatic carbocycles. The predicted molar refractivity (Wildman–Crippen MR) is 100 cm³/mol. The van der Waals surface area contributed by atoms with E-state index in [1.807, 2.05) is 48.9 Å². The summed E-state index contributed by atoms with van der Waals surface area (Å²) in [6.45, 7) is 1.83. The Bertz CT molecular complexity index is 1110. The number of fused-ring (bicyclic) bond motifs is 1. The lowest BCUT2D eigenvalue weighted by molar-refractivity contribution is 0.101. The summed E-state index contributed by atoms with van der Waals surface area (Å²) in [5, 5.41) is 8.29. The summed E-state index contributed by atoms with van der Waals surface area (Å²) in [7, 11) is -1.18. The predicted octanol–water partition coefficient (Wildman–Crippen LogP) is 2.30. The molecule has 4 rings (SSSR count). The fourth-order valence-corrected chi connectivity index (χ4v) is 5.24. The molecule has 1 amide bonds. The van der Waals surface area contributed by atoms with Gasteiger partial charge in [-0.3, -0.25) is 4.79 Å². The standard InChI is InChI=1S/C18H20N4O3S/c1-12-9-17(22(20-12)14-7-8-26(24,25)11-14)19-18(23)16-10-13-5-3-4-6-15(13)21(16)2/h3-6,9-10,14H,7-8,11H2,1-2H3,(H,19,23)/t14-/m0/s1. The molecule has 1 atom stereocenters. The molecule has 136 valence electrons. The van der Waals surface area contributed by atoms with Crippen molar-refractivity contribution in [3.8, 4) is 0 Å². The van der Waals surface area contributed by atoms with Crippen LogP contribution in [0.2, 0.25) is 0 Å². The summed E-state index contributed by atoms with van der Waals surface area (Å²) in [4.78, 5) is 12.8. The summed E-state index contributed by atoms with van der Waals surface area (Å²) >= 11 is 0. The quantitative estimate of drug-likeness (QED) is 0.764. The molecular weight excluding hydrogens is 352 g/mol. The van der Waals surface area contributed by atoms with E-state index in [0.717, 1.165) is 16.6 Å². The van der Waals surface area contributed by atoms with Crippen molar-refractivity contribution >= 4 is 32.5 Å². The molecule has 7 nitrogen and oxygen atoms in total. The summed E-state index contributed by atoms with van der Waals surface area (Å²) < 4.78 is 27.1. The number of amides is 1. The molecule has 0 bridgehead atoms. The topological polar surface area (TPSA) is 86.0 Å². The number of hydrogen-bond acceptors (Lipinski definition) is 4. The van der Waals surface area contributed by atoms with Gasteiger partial charge in [-0.2, -0.15) is 5.10 Å². The Morgan fingerprint density at radius 1 is 1.27 bits per heavy atom. The van der Waals surface area contributed by atoms with E-state index in [1.54, 1.807) is 10.7 Å². The molecule has 1 aliphatic rings. The van der Waals surface area contributed by atoms with E-state index in [1.165, 1.54) is 0 Å². The molecule has 1 saturated heterocycles. The molecular formula is C18H20N4O3S. The Morgan fingerprint density at radius 2 is 2.04 bits per heavy atom. The third-order valence-corrected chi connectivity index (χ3v) is 6.59. The van der Waals surface area contributed by atoms with Crippen LogP contribution in [-0.2, 0) is 16.9 Å². The third-order valence-electron chi connectivity index (χ3n) is 4.84. The van der Waals surface area contributed by atoms with Gasteiger partial charge in [0.1, 0.15) is 11.5 Å². The first kappa shape index (κ1) is 16.8. The number of hydrogen-bond donors (Lipinski definition) is 1. The molecule has 0 radical (unpaired) electrons. The van der Waals surface area contributed by atoms with Gasteiger partial charge in [-0.15, -0.1) is 0 Å². The second-order valence-corrected chi connectivity index (χ2v) is 9.00. The number of aromatic nitrogens is 3. The molecule has 0 saturated carbocycles. The van der Waals surface area contributed by atoms with E-state index < -0.39 is 9.84 Å². The number of nitrogens with zero attached hydrogens (tertiary/aromatic N) is 3. The highest BCUT2D eigenvalue weighted by Crippen LogP contribution is 2.27. The van der Waals surface area contributed by atoms with Gasteiger partial charge in [0, 0.05) is 24.0 Å². The normalized spacial score (nSPS) is 19.1. The number of benzene rings is 1. The number of carbonyl (C=O) groups is 1. The van der Waals surface area contributed by atoms with Crippen LogP contribution >= 0.6 is 0 Å². The monoisotopic (exact) mass is 372 g/mol. The molecule has 26 heavy (non-hydrogen) atoms. The smallest absolute Gasteiger partial charge is 0.273 e. The Morgan fingerprint density at radius 3 is 2.73 bits per heavy atom. The molecule has 3 heterocycles. The largest absolute Gasteiger partial charge is 0.340 e. The summed E-state index contributed by atoms with van der Waals surface area (Å²) in [6.07, 6.45) is 0.514. The lowest BCUT2D eigenvalue weighted by atomic mass is 10.2. The molecule has 0 unspecified atom stereocenters. The second-order valence-electron chi connectivity index (χ2n) is 6.77. The van der Waals surface area contributed by atoms with Crippen molar-refractivity contribution in [2.24, 2.45) is 7.05 Å². The highest BCUT2D eigenvalue weighted by molar-refractivity contribution is 7.91. The Hall–Kier alpha value is -2.61. The van der Waals surface area contributed by atoms with Crippen LogP contribution in [0, 0.1) is 6.92 Å². The number of nitrogens with one attached hydrogen (secondary N) is 1. The maximum Gasteiger partial charge on any atom is 0.273 e. The second kappa shape index (κ2) is 5.98. The van der Waals surface area contributed by atoms with Crippen molar-refractivity contribution in [3.05, 3.63) is 47.8 Å². The van der Waals surface area contributed by atoms with Crippen LogP contribution in [-0.4, -0.2) is 40.2 Å². The zero-order chi connectivity index (χ0) is 18.5. The first-order valence-corrected chi connectivity index (χ1v) is 10.3. The molecule has 1 aliphatic heterocycles. The van der Waals surface area contributed by atoms with Crippen LogP contribution in [0.15, 0.2) is 36.4 Å². The number of para-hydroxylation sites is 1. The van der Waals surface area contributed by atoms with E-state index in [4.69, 9.17) is 0 Å². The highest BCUT2D eigenvalue weighted by atomic mass is 32.2. The zero-order valence-corrected chi connectivity index (χ0v) is 15.5.